The monoisotopic (exact) mass is 187 g/mol. The van der Waals surface area contributed by atoms with Gasteiger partial charge in [0.2, 0.25) is 5.90 Å². The minimum absolute atomic E-state index is 0.361. The van der Waals surface area contributed by atoms with Gasteiger partial charge in [0, 0.05) is 6.92 Å². The Morgan fingerprint density at radius 1 is 1.38 bits per heavy atom. The summed E-state index contributed by atoms with van der Waals surface area (Å²) in [6.07, 6.45) is 0. The van der Waals surface area contributed by atoms with Crippen molar-refractivity contribution in [3.05, 3.63) is 0 Å². The molecule has 0 aromatic rings. The van der Waals surface area contributed by atoms with Gasteiger partial charge in [0.1, 0.15) is 0 Å². The number of carbonyl (C=O) groups excluding carboxylic acids is 1. The molecule has 13 heavy (non-hydrogen) atoms. The van der Waals surface area contributed by atoms with Crippen LogP contribution in [0.1, 0.15) is 34.6 Å². The molecule has 0 bridgehead atoms. The largest absolute Gasteiger partial charge is 0.479 e. The van der Waals surface area contributed by atoms with Crippen LogP contribution in [0.5, 0.6) is 0 Å². The van der Waals surface area contributed by atoms with E-state index in [0.29, 0.717) is 12.5 Å². The molecular weight excluding hydrogens is 170 g/mol. The Hall–Kier alpha value is -1.06. The van der Waals surface area contributed by atoms with Crippen LogP contribution in [0, 0.1) is 5.41 Å². The lowest BCUT2D eigenvalue weighted by atomic mass is 9.98. The van der Waals surface area contributed by atoms with Crippen molar-refractivity contribution in [1.29, 1.82) is 0 Å². The van der Waals surface area contributed by atoms with Crippen molar-refractivity contribution in [2.45, 2.75) is 34.6 Å². The summed E-state index contributed by atoms with van der Waals surface area (Å²) >= 11 is 0. The van der Waals surface area contributed by atoms with Gasteiger partial charge in [-0.25, -0.2) is 4.79 Å². The summed E-state index contributed by atoms with van der Waals surface area (Å²) in [6, 6.07) is 0. The molecule has 0 fully saturated rings. The Labute approximate surface area is 78.9 Å². The van der Waals surface area contributed by atoms with Crippen LogP contribution in [-0.4, -0.2) is 18.5 Å². The SMILES string of the molecule is CCO/C(C)=N/OC(=O)C(C)(C)C. The van der Waals surface area contributed by atoms with Crippen LogP contribution >= 0.6 is 0 Å². The van der Waals surface area contributed by atoms with E-state index >= 15 is 0 Å². The minimum Gasteiger partial charge on any atom is -0.479 e. The average Bonchev–Trinajstić information content (AvgIpc) is 1.99. The van der Waals surface area contributed by atoms with Crippen LogP contribution in [0.4, 0.5) is 0 Å². The molecule has 0 saturated carbocycles. The summed E-state index contributed by atoms with van der Waals surface area (Å²) in [5, 5.41) is 3.53. The van der Waals surface area contributed by atoms with Gasteiger partial charge in [0.05, 0.1) is 12.0 Å². The highest BCUT2D eigenvalue weighted by atomic mass is 16.7. The van der Waals surface area contributed by atoms with Crippen LogP contribution in [0.3, 0.4) is 0 Å². The lowest BCUT2D eigenvalue weighted by Crippen LogP contribution is -2.21. The fourth-order valence-electron chi connectivity index (χ4n) is 0.478. The smallest absolute Gasteiger partial charge is 0.340 e. The Bertz CT molecular complexity index is 203. The van der Waals surface area contributed by atoms with Gasteiger partial charge in [-0.2, -0.15) is 0 Å². The Morgan fingerprint density at radius 2 is 1.92 bits per heavy atom. The van der Waals surface area contributed by atoms with E-state index in [1.165, 1.54) is 0 Å². The van der Waals surface area contributed by atoms with Gasteiger partial charge in [0.25, 0.3) is 0 Å². The van der Waals surface area contributed by atoms with E-state index in [1.807, 2.05) is 6.92 Å². The summed E-state index contributed by atoms with van der Waals surface area (Å²) in [6.45, 7) is 9.29. The van der Waals surface area contributed by atoms with Crippen LogP contribution in [0.15, 0.2) is 5.16 Å². The van der Waals surface area contributed by atoms with Gasteiger partial charge in [-0.05, 0) is 32.9 Å². The quantitative estimate of drug-likeness (QED) is 0.287. The van der Waals surface area contributed by atoms with Crippen LogP contribution in [0.2, 0.25) is 0 Å². The molecule has 0 radical (unpaired) electrons. The van der Waals surface area contributed by atoms with Crippen molar-refractivity contribution in [2.24, 2.45) is 10.6 Å². The summed E-state index contributed by atoms with van der Waals surface area (Å²) in [5.41, 5.74) is -0.532. The fraction of sp³-hybridized carbons (Fsp3) is 0.778. The molecule has 0 saturated heterocycles. The number of rotatable bonds is 2. The molecule has 0 aromatic carbocycles. The zero-order valence-corrected chi connectivity index (χ0v) is 8.88. The zero-order chi connectivity index (χ0) is 10.5. The number of nitrogens with zero attached hydrogens (tertiary/aromatic N) is 1. The number of carbonyl (C=O) groups is 1. The number of hydrogen-bond donors (Lipinski definition) is 0. The standard InChI is InChI=1S/C9H17NO3/c1-6-12-7(2)10-13-8(11)9(3,4)5/h6H2,1-5H3/b10-7+. The second kappa shape index (κ2) is 4.84. The Balaban J connectivity index is 4.02. The highest BCUT2D eigenvalue weighted by Crippen LogP contribution is 2.15. The summed E-state index contributed by atoms with van der Waals surface area (Å²) in [4.78, 5) is 15.8. The third-order valence-corrected chi connectivity index (χ3v) is 1.22. The second-order valence-corrected chi connectivity index (χ2v) is 3.67. The molecule has 0 unspecified atom stereocenters. The topological polar surface area (TPSA) is 47.9 Å². The fourth-order valence-corrected chi connectivity index (χ4v) is 0.478. The summed E-state index contributed by atoms with van der Waals surface area (Å²) in [5.74, 6) is -0.00773. The van der Waals surface area contributed by atoms with Gasteiger partial charge in [0.15, 0.2) is 0 Å². The minimum atomic E-state index is -0.532. The first-order valence-corrected chi connectivity index (χ1v) is 4.26. The van der Waals surface area contributed by atoms with E-state index in [9.17, 15) is 4.79 Å². The molecule has 0 aromatic heterocycles. The Kier molecular flexibility index (Phi) is 4.45. The number of hydrogen-bond acceptors (Lipinski definition) is 4. The predicted molar refractivity (Wildman–Crippen MR) is 50.3 cm³/mol. The highest BCUT2D eigenvalue weighted by molar-refractivity contribution is 5.77. The van der Waals surface area contributed by atoms with Crippen LogP contribution in [-0.2, 0) is 14.4 Å². The van der Waals surface area contributed by atoms with E-state index < -0.39 is 5.41 Å². The lowest BCUT2D eigenvalue weighted by Gasteiger charge is -2.12. The molecule has 4 nitrogen and oxygen atoms in total. The third-order valence-electron chi connectivity index (χ3n) is 1.22. The molecule has 0 amide bonds. The molecule has 0 spiro atoms. The Morgan fingerprint density at radius 3 is 2.31 bits per heavy atom. The maximum Gasteiger partial charge on any atom is 0.340 e. The molecule has 0 aliphatic heterocycles. The van der Waals surface area contributed by atoms with Crippen molar-refractivity contribution in [3.63, 3.8) is 0 Å². The molecule has 0 N–H and O–H groups in total. The van der Waals surface area contributed by atoms with Gasteiger partial charge < -0.3 is 9.57 Å². The molecule has 4 heteroatoms. The first-order valence-electron chi connectivity index (χ1n) is 4.26. The van der Waals surface area contributed by atoms with Gasteiger partial charge in [-0.3, -0.25) is 0 Å². The van der Waals surface area contributed by atoms with Crippen molar-refractivity contribution >= 4 is 11.9 Å². The first-order chi connectivity index (χ1) is 5.88. The molecule has 0 rings (SSSR count). The number of oxime groups is 1. The molecular formula is C9H17NO3. The maximum absolute atomic E-state index is 11.2. The summed E-state index contributed by atoms with van der Waals surface area (Å²) in [7, 11) is 0. The lowest BCUT2D eigenvalue weighted by molar-refractivity contribution is -0.153. The zero-order valence-electron chi connectivity index (χ0n) is 8.88. The highest BCUT2D eigenvalue weighted by Gasteiger charge is 2.23. The maximum atomic E-state index is 11.2. The van der Waals surface area contributed by atoms with E-state index in [4.69, 9.17) is 4.74 Å². The molecule has 0 aliphatic rings. The number of ether oxygens (including phenoxy) is 1. The van der Waals surface area contributed by atoms with E-state index in [-0.39, 0.29) is 5.97 Å². The van der Waals surface area contributed by atoms with Gasteiger partial charge in [-0.1, -0.05) is 0 Å². The average molecular weight is 187 g/mol. The van der Waals surface area contributed by atoms with Crippen molar-refractivity contribution < 1.29 is 14.4 Å². The van der Waals surface area contributed by atoms with Gasteiger partial charge in [-0.15, -0.1) is 0 Å². The first kappa shape index (κ1) is 11.9. The van der Waals surface area contributed by atoms with E-state index in [1.54, 1.807) is 27.7 Å². The summed E-state index contributed by atoms with van der Waals surface area (Å²) < 4.78 is 4.98. The van der Waals surface area contributed by atoms with Crippen molar-refractivity contribution in [3.8, 4) is 0 Å². The van der Waals surface area contributed by atoms with Gasteiger partial charge >= 0.3 is 5.97 Å². The second-order valence-electron chi connectivity index (χ2n) is 3.67. The molecule has 0 atom stereocenters. The van der Waals surface area contributed by atoms with Crippen LogP contribution in [0.25, 0.3) is 0 Å². The molecule has 0 aliphatic carbocycles. The van der Waals surface area contributed by atoms with Crippen molar-refractivity contribution in [2.75, 3.05) is 6.61 Å². The molecule has 76 valence electrons. The predicted octanol–water partition coefficient (Wildman–Crippen LogP) is 1.95. The normalized spacial score (nSPS) is 12.5. The van der Waals surface area contributed by atoms with E-state index in [2.05, 4.69) is 9.99 Å². The van der Waals surface area contributed by atoms with E-state index in [0.717, 1.165) is 0 Å². The van der Waals surface area contributed by atoms with Crippen molar-refractivity contribution in [1.82, 2.24) is 0 Å². The molecule has 0 heterocycles. The van der Waals surface area contributed by atoms with Crippen LogP contribution < -0.4 is 0 Å². The third kappa shape index (κ3) is 5.22.